The van der Waals surface area contributed by atoms with Crippen LogP contribution in [0.15, 0.2) is 67.0 Å². The van der Waals surface area contributed by atoms with Crippen LogP contribution in [0.3, 0.4) is 0 Å². The molecule has 3 aromatic rings. The zero-order valence-corrected chi connectivity index (χ0v) is 12.9. The number of carbonyl (C=O) groups excluding carboxylic acids is 1. The molecule has 3 rings (SSSR count). The number of carbonyl (C=O) groups is 2. The second kappa shape index (κ2) is 7.22. The first-order valence-electron chi connectivity index (χ1n) is 7.32. The van der Waals surface area contributed by atoms with Crippen LogP contribution in [0, 0.1) is 0 Å². The number of pyridine rings is 2. The number of carboxylic acid groups (broad SMARTS) is 1. The number of aromatic nitrogens is 2. The Morgan fingerprint density at radius 3 is 2.52 bits per heavy atom. The van der Waals surface area contributed by atoms with Crippen molar-refractivity contribution in [2.24, 2.45) is 0 Å². The fourth-order valence-electron chi connectivity index (χ4n) is 2.09. The summed E-state index contributed by atoms with van der Waals surface area (Å²) >= 11 is 0. The smallest absolute Gasteiger partial charge is 0.356 e. The Bertz CT molecular complexity index is 913. The first kappa shape index (κ1) is 16.1. The standard InChI is InChI=1S/C18H13N3O4/c22-17(21-14-7-4-9-20-16(14)18(23)24)12-8-10-19-15(11-12)25-13-5-2-1-3-6-13/h1-11H,(H,21,22)(H,23,24). The Hall–Kier alpha value is -3.74. The lowest BCUT2D eigenvalue weighted by atomic mass is 10.2. The van der Waals surface area contributed by atoms with Crippen LogP contribution in [0.4, 0.5) is 5.69 Å². The van der Waals surface area contributed by atoms with Crippen molar-refractivity contribution in [3.8, 4) is 11.6 Å². The van der Waals surface area contributed by atoms with Gasteiger partial charge in [-0.05, 0) is 30.3 Å². The molecule has 0 aliphatic rings. The van der Waals surface area contributed by atoms with Crippen molar-refractivity contribution in [1.29, 1.82) is 0 Å². The van der Waals surface area contributed by atoms with Crippen LogP contribution in [0.2, 0.25) is 0 Å². The summed E-state index contributed by atoms with van der Waals surface area (Å²) in [6.45, 7) is 0. The van der Waals surface area contributed by atoms with Gasteiger partial charge in [0.2, 0.25) is 5.88 Å². The highest BCUT2D eigenvalue weighted by molar-refractivity contribution is 6.07. The van der Waals surface area contributed by atoms with Gasteiger partial charge in [-0.2, -0.15) is 0 Å². The van der Waals surface area contributed by atoms with Gasteiger partial charge in [-0.3, -0.25) is 4.79 Å². The molecule has 0 radical (unpaired) electrons. The maximum atomic E-state index is 12.4. The van der Waals surface area contributed by atoms with Crippen molar-refractivity contribution in [3.63, 3.8) is 0 Å². The van der Waals surface area contributed by atoms with E-state index in [1.807, 2.05) is 18.2 Å². The minimum absolute atomic E-state index is 0.113. The number of anilines is 1. The number of amides is 1. The molecule has 0 aliphatic carbocycles. The molecule has 1 amide bonds. The van der Waals surface area contributed by atoms with E-state index in [0.29, 0.717) is 5.75 Å². The van der Waals surface area contributed by atoms with Gasteiger partial charge >= 0.3 is 5.97 Å². The van der Waals surface area contributed by atoms with Crippen LogP contribution in [0.1, 0.15) is 20.8 Å². The monoisotopic (exact) mass is 335 g/mol. The van der Waals surface area contributed by atoms with Crippen LogP contribution < -0.4 is 10.1 Å². The second-order valence-corrected chi connectivity index (χ2v) is 4.96. The van der Waals surface area contributed by atoms with E-state index in [9.17, 15) is 9.59 Å². The van der Waals surface area contributed by atoms with Crippen LogP contribution in [-0.4, -0.2) is 27.0 Å². The molecule has 0 fully saturated rings. The van der Waals surface area contributed by atoms with Gasteiger partial charge in [0.15, 0.2) is 5.69 Å². The summed E-state index contributed by atoms with van der Waals surface area (Å²) in [6.07, 6.45) is 2.78. The van der Waals surface area contributed by atoms with Gasteiger partial charge in [0.25, 0.3) is 5.91 Å². The van der Waals surface area contributed by atoms with Crippen LogP contribution >= 0.6 is 0 Å². The molecule has 0 unspecified atom stereocenters. The molecule has 0 saturated heterocycles. The molecule has 7 nitrogen and oxygen atoms in total. The summed E-state index contributed by atoms with van der Waals surface area (Å²) in [5, 5.41) is 11.6. The van der Waals surface area contributed by atoms with Crippen molar-refractivity contribution in [2.45, 2.75) is 0 Å². The quantitative estimate of drug-likeness (QED) is 0.742. The number of para-hydroxylation sites is 1. The zero-order chi connectivity index (χ0) is 17.6. The maximum absolute atomic E-state index is 12.4. The predicted molar refractivity (Wildman–Crippen MR) is 89.9 cm³/mol. The van der Waals surface area contributed by atoms with Crippen molar-refractivity contribution >= 4 is 17.6 Å². The fraction of sp³-hybridized carbons (Fsp3) is 0. The summed E-state index contributed by atoms with van der Waals surface area (Å²) in [5.41, 5.74) is 0.161. The minimum atomic E-state index is -1.22. The van der Waals surface area contributed by atoms with Gasteiger partial charge in [0.05, 0.1) is 5.69 Å². The fourth-order valence-corrected chi connectivity index (χ4v) is 2.09. The number of nitrogens with one attached hydrogen (secondary N) is 1. The lowest BCUT2D eigenvalue weighted by Gasteiger charge is -2.09. The number of nitrogens with zero attached hydrogens (tertiary/aromatic N) is 2. The molecule has 124 valence electrons. The highest BCUT2D eigenvalue weighted by Gasteiger charge is 2.15. The van der Waals surface area contributed by atoms with E-state index in [1.165, 1.54) is 30.6 Å². The first-order chi connectivity index (χ1) is 12.1. The Labute approximate surface area is 142 Å². The number of hydrogen-bond donors (Lipinski definition) is 2. The van der Waals surface area contributed by atoms with E-state index in [-0.39, 0.29) is 22.8 Å². The molecule has 0 bridgehead atoms. The second-order valence-electron chi connectivity index (χ2n) is 4.96. The van der Waals surface area contributed by atoms with Crippen molar-refractivity contribution < 1.29 is 19.4 Å². The number of aromatic carboxylic acids is 1. The molecule has 2 aromatic heterocycles. The molecule has 0 spiro atoms. The zero-order valence-electron chi connectivity index (χ0n) is 12.9. The number of benzene rings is 1. The predicted octanol–water partition coefficient (Wildman–Crippen LogP) is 3.22. The Kier molecular flexibility index (Phi) is 4.66. The topological polar surface area (TPSA) is 101 Å². The SMILES string of the molecule is O=C(Nc1cccnc1C(=O)O)c1ccnc(Oc2ccccc2)c1. The lowest BCUT2D eigenvalue weighted by molar-refractivity contribution is 0.0691. The lowest BCUT2D eigenvalue weighted by Crippen LogP contribution is -2.15. The summed E-state index contributed by atoms with van der Waals surface area (Å²) in [7, 11) is 0. The van der Waals surface area contributed by atoms with Crippen molar-refractivity contribution in [3.05, 3.63) is 78.2 Å². The van der Waals surface area contributed by atoms with E-state index < -0.39 is 11.9 Å². The van der Waals surface area contributed by atoms with Gasteiger partial charge < -0.3 is 15.2 Å². The van der Waals surface area contributed by atoms with Crippen molar-refractivity contribution in [1.82, 2.24) is 9.97 Å². The molecule has 0 atom stereocenters. The Morgan fingerprint density at radius 1 is 0.960 bits per heavy atom. The number of hydrogen-bond acceptors (Lipinski definition) is 5. The van der Waals surface area contributed by atoms with Crippen molar-refractivity contribution in [2.75, 3.05) is 5.32 Å². The third-order valence-corrected chi connectivity index (χ3v) is 3.22. The van der Waals surface area contributed by atoms with Crippen LogP contribution in [-0.2, 0) is 0 Å². The van der Waals surface area contributed by atoms with E-state index in [2.05, 4.69) is 15.3 Å². The average molecular weight is 335 g/mol. The van der Waals surface area contributed by atoms with E-state index >= 15 is 0 Å². The van der Waals surface area contributed by atoms with Gasteiger partial charge in [-0.25, -0.2) is 14.8 Å². The molecule has 0 saturated carbocycles. The first-order valence-corrected chi connectivity index (χ1v) is 7.32. The van der Waals surface area contributed by atoms with E-state index in [1.54, 1.807) is 18.2 Å². The highest BCUT2D eigenvalue weighted by Crippen LogP contribution is 2.20. The molecule has 1 aromatic carbocycles. The van der Waals surface area contributed by atoms with Gasteiger partial charge in [-0.15, -0.1) is 0 Å². The summed E-state index contributed by atoms with van der Waals surface area (Å²) in [6, 6.07) is 15.0. The number of rotatable bonds is 5. The van der Waals surface area contributed by atoms with Crippen LogP contribution in [0.5, 0.6) is 11.6 Å². The Balaban J connectivity index is 1.79. The summed E-state index contributed by atoms with van der Waals surface area (Å²) < 4.78 is 5.58. The average Bonchev–Trinajstić information content (AvgIpc) is 2.63. The third-order valence-electron chi connectivity index (χ3n) is 3.22. The molecular formula is C18H13N3O4. The van der Waals surface area contributed by atoms with E-state index in [4.69, 9.17) is 9.84 Å². The molecule has 2 N–H and O–H groups in total. The highest BCUT2D eigenvalue weighted by atomic mass is 16.5. The number of carboxylic acids is 1. The normalized spacial score (nSPS) is 10.1. The number of ether oxygens (including phenoxy) is 1. The molecular weight excluding hydrogens is 322 g/mol. The van der Waals surface area contributed by atoms with Crippen LogP contribution in [0.25, 0.3) is 0 Å². The van der Waals surface area contributed by atoms with Gasteiger partial charge in [-0.1, -0.05) is 18.2 Å². The largest absolute Gasteiger partial charge is 0.476 e. The molecule has 7 heteroatoms. The van der Waals surface area contributed by atoms with Gasteiger partial charge in [0, 0.05) is 24.0 Å². The Morgan fingerprint density at radius 2 is 1.76 bits per heavy atom. The molecule has 25 heavy (non-hydrogen) atoms. The minimum Gasteiger partial charge on any atom is -0.476 e. The maximum Gasteiger partial charge on any atom is 0.356 e. The summed E-state index contributed by atoms with van der Waals surface area (Å²) in [5.74, 6) is -0.869. The van der Waals surface area contributed by atoms with E-state index in [0.717, 1.165) is 0 Å². The molecule has 2 heterocycles. The molecule has 0 aliphatic heterocycles. The third kappa shape index (κ3) is 3.97. The van der Waals surface area contributed by atoms with Gasteiger partial charge in [0.1, 0.15) is 5.75 Å². The summed E-state index contributed by atoms with van der Waals surface area (Å²) in [4.78, 5) is 31.3.